The lowest BCUT2D eigenvalue weighted by molar-refractivity contribution is 0.181. The van der Waals surface area contributed by atoms with E-state index in [1.165, 1.54) is 11.1 Å². The van der Waals surface area contributed by atoms with Crippen LogP contribution in [0.1, 0.15) is 31.0 Å². The molecule has 0 aliphatic carbocycles. The second-order valence-electron chi connectivity index (χ2n) is 4.88. The maximum atomic E-state index is 5.87. The molecule has 1 heterocycles. The van der Waals surface area contributed by atoms with Crippen LogP contribution in [0.4, 0.5) is 5.69 Å². The number of fused-ring (bicyclic) bond motifs is 1. The molecule has 0 spiro atoms. The van der Waals surface area contributed by atoms with E-state index in [1.54, 1.807) is 0 Å². The summed E-state index contributed by atoms with van der Waals surface area (Å²) >= 11 is 0. The monoisotopic (exact) mass is 204 g/mol. The Hall–Kier alpha value is -1.02. The van der Waals surface area contributed by atoms with Crippen LogP contribution >= 0.6 is 0 Å². The smallest absolute Gasteiger partial charge is 0.0371 e. The Morgan fingerprint density at radius 2 is 2.13 bits per heavy atom. The molecule has 2 rings (SSSR count). The minimum atomic E-state index is 0.525. The second-order valence-corrected chi connectivity index (χ2v) is 4.88. The molecule has 0 fully saturated rings. The molecule has 0 radical (unpaired) electrons. The van der Waals surface area contributed by atoms with Crippen LogP contribution in [0, 0.1) is 5.92 Å². The van der Waals surface area contributed by atoms with Crippen LogP contribution in [-0.2, 0) is 6.42 Å². The Bertz CT molecular complexity index is 358. The van der Waals surface area contributed by atoms with Crippen LogP contribution in [0.3, 0.4) is 0 Å². The summed E-state index contributed by atoms with van der Waals surface area (Å²) in [6, 6.07) is 6.88. The van der Waals surface area contributed by atoms with Crippen LogP contribution in [0.15, 0.2) is 18.2 Å². The summed E-state index contributed by atoms with van der Waals surface area (Å²) in [5, 5.41) is 0. The van der Waals surface area contributed by atoms with Crippen molar-refractivity contribution in [1.82, 2.24) is 4.90 Å². The van der Waals surface area contributed by atoms with Gasteiger partial charge in [0.05, 0.1) is 0 Å². The van der Waals surface area contributed by atoms with Gasteiger partial charge in [0.2, 0.25) is 0 Å². The topological polar surface area (TPSA) is 29.3 Å². The largest absolute Gasteiger partial charge is 0.399 e. The minimum Gasteiger partial charge on any atom is -0.399 e. The van der Waals surface area contributed by atoms with Crippen LogP contribution in [0.25, 0.3) is 0 Å². The third-order valence-corrected chi connectivity index (χ3v) is 3.33. The quantitative estimate of drug-likeness (QED) is 0.712. The van der Waals surface area contributed by atoms with Crippen molar-refractivity contribution in [1.29, 1.82) is 0 Å². The van der Waals surface area contributed by atoms with E-state index in [0.29, 0.717) is 12.0 Å². The third-order valence-electron chi connectivity index (χ3n) is 3.33. The maximum Gasteiger partial charge on any atom is 0.0371 e. The Morgan fingerprint density at radius 3 is 2.80 bits per heavy atom. The van der Waals surface area contributed by atoms with Crippen LogP contribution in [-0.4, -0.2) is 18.5 Å². The molecule has 1 atom stereocenters. The molecular formula is C13H20N2. The first-order chi connectivity index (χ1) is 7.09. The Labute approximate surface area is 92.1 Å². The standard InChI is InChI=1S/C13H20N2/c1-9(2)13-12-8-11(14)5-4-10(12)6-7-15(13)3/h4-5,8-9,13H,6-7,14H2,1-3H3. The molecule has 15 heavy (non-hydrogen) atoms. The SMILES string of the molecule is CC(C)C1c2cc(N)ccc2CCN1C. The lowest BCUT2D eigenvalue weighted by atomic mass is 9.86. The normalized spacial score (nSPS) is 21.7. The molecule has 2 N–H and O–H groups in total. The summed E-state index contributed by atoms with van der Waals surface area (Å²) in [6.07, 6.45) is 1.15. The molecule has 1 unspecified atom stereocenters. The van der Waals surface area contributed by atoms with Crippen LogP contribution in [0.5, 0.6) is 0 Å². The van der Waals surface area contributed by atoms with Gasteiger partial charge in [-0.1, -0.05) is 19.9 Å². The number of anilines is 1. The van der Waals surface area contributed by atoms with E-state index in [1.807, 2.05) is 6.07 Å². The first-order valence-electron chi connectivity index (χ1n) is 5.68. The van der Waals surface area contributed by atoms with Crippen molar-refractivity contribution in [2.45, 2.75) is 26.3 Å². The summed E-state index contributed by atoms with van der Waals surface area (Å²) in [5.74, 6) is 0.635. The molecule has 0 saturated carbocycles. The van der Waals surface area contributed by atoms with Gasteiger partial charge >= 0.3 is 0 Å². The van der Waals surface area contributed by atoms with Gasteiger partial charge in [-0.05, 0) is 42.6 Å². The summed E-state index contributed by atoms with van der Waals surface area (Å²) in [6.45, 7) is 5.71. The fraction of sp³-hybridized carbons (Fsp3) is 0.538. The van der Waals surface area contributed by atoms with Crippen molar-refractivity contribution in [3.63, 3.8) is 0 Å². The highest BCUT2D eigenvalue weighted by molar-refractivity contribution is 5.47. The minimum absolute atomic E-state index is 0.525. The van der Waals surface area contributed by atoms with Gasteiger partial charge in [-0.3, -0.25) is 4.90 Å². The number of rotatable bonds is 1. The predicted octanol–water partition coefficient (Wildman–Crippen LogP) is 2.45. The summed E-state index contributed by atoms with van der Waals surface area (Å²) in [5.41, 5.74) is 9.66. The van der Waals surface area contributed by atoms with E-state index in [-0.39, 0.29) is 0 Å². The van der Waals surface area contributed by atoms with E-state index < -0.39 is 0 Å². The average Bonchev–Trinajstić information content (AvgIpc) is 2.16. The number of benzene rings is 1. The molecule has 0 aromatic heterocycles. The Kier molecular flexibility index (Phi) is 2.70. The van der Waals surface area contributed by atoms with Gasteiger partial charge < -0.3 is 5.73 Å². The molecule has 82 valence electrons. The lowest BCUT2D eigenvalue weighted by Crippen LogP contribution is -2.35. The Morgan fingerprint density at radius 1 is 1.40 bits per heavy atom. The van der Waals surface area contributed by atoms with Gasteiger partial charge in [-0.25, -0.2) is 0 Å². The molecular weight excluding hydrogens is 184 g/mol. The van der Waals surface area contributed by atoms with Gasteiger partial charge in [-0.2, -0.15) is 0 Å². The first kappa shape index (κ1) is 10.5. The molecule has 1 aliphatic heterocycles. The number of nitrogens with two attached hydrogens (primary N) is 1. The number of likely N-dealkylation sites (N-methyl/N-ethyl adjacent to an activating group) is 1. The number of nitrogens with zero attached hydrogens (tertiary/aromatic N) is 1. The van der Waals surface area contributed by atoms with Gasteiger partial charge in [0, 0.05) is 18.3 Å². The van der Waals surface area contributed by atoms with E-state index in [9.17, 15) is 0 Å². The van der Waals surface area contributed by atoms with Crippen molar-refractivity contribution in [2.24, 2.45) is 5.92 Å². The molecule has 2 nitrogen and oxygen atoms in total. The van der Waals surface area contributed by atoms with Gasteiger partial charge in [-0.15, -0.1) is 0 Å². The van der Waals surface area contributed by atoms with E-state index in [2.05, 4.69) is 37.9 Å². The molecule has 0 saturated heterocycles. The van der Waals surface area contributed by atoms with Crippen molar-refractivity contribution in [2.75, 3.05) is 19.3 Å². The van der Waals surface area contributed by atoms with Gasteiger partial charge in [0.25, 0.3) is 0 Å². The molecule has 1 aromatic rings. The van der Waals surface area contributed by atoms with Crippen molar-refractivity contribution in [3.8, 4) is 0 Å². The zero-order chi connectivity index (χ0) is 11.0. The maximum absolute atomic E-state index is 5.87. The molecule has 0 bridgehead atoms. The summed E-state index contributed by atoms with van der Waals surface area (Å²) in [7, 11) is 2.21. The molecule has 1 aromatic carbocycles. The highest BCUT2D eigenvalue weighted by atomic mass is 15.1. The first-order valence-corrected chi connectivity index (χ1v) is 5.68. The van der Waals surface area contributed by atoms with Crippen LogP contribution in [0.2, 0.25) is 0 Å². The third kappa shape index (κ3) is 1.86. The van der Waals surface area contributed by atoms with E-state index >= 15 is 0 Å². The number of hydrogen-bond donors (Lipinski definition) is 1. The highest BCUT2D eigenvalue weighted by Crippen LogP contribution is 2.34. The van der Waals surface area contributed by atoms with Crippen molar-refractivity contribution in [3.05, 3.63) is 29.3 Å². The van der Waals surface area contributed by atoms with Gasteiger partial charge in [0.1, 0.15) is 0 Å². The molecule has 1 aliphatic rings. The zero-order valence-corrected chi connectivity index (χ0v) is 9.83. The summed E-state index contributed by atoms with van der Waals surface area (Å²) < 4.78 is 0. The van der Waals surface area contributed by atoms with E-state index in [4.69, 9.17) is 5.73 Å². The predicted molar refractivity (Wildman–Crippen MR) is 64.8 cm³/mol. The summed E-state index contributed by atoms with van der Waals surface area (Å²) in [4.78, 5) is 2.44. The Balaban J connectivity index is 2.46. The second kappa shape index (κ2) is 3.86. The molecule has 0 amide bonds. The zero-order valence-electron chi connectivity index (χ0n) is 9.83. The molecule has 2 heteroatoms. The average molecular weight is 204 g/mol. The van der Waals surface area contributed by atoms with Crippen LogP contribution < -0.4 is 5.73 Å². The fourth-order valence-electron chi connectivity index (χ4n) is 2.66. The fourth-order valence-corrected chi connectivity index (χ4v) is 2.66. The van der Waals surface area contributed by atoms with Crippen molar-refractivity contribution >= 4 is 5.69 Å². The highest BCUT2D eigenvalue weighted by Gasteiger charge is 2.26. The van der Waals surface area contributed by atoms with E-state index in [0.717, 1.165) is 18.7 Å². The number of nitrogen functional groups attached to an aromatic ring is 1. The van der Waals surface area contributed by atoms with Crippen molar-refractivity contribution < 1.29 is 0 Å². The van der Waals surface area contributed by atoms with Gasteiger partial charge in [0.15, 0.2) is 0 Å². The number of hydrogen-bond acceptors (Lipinski definition) is 2. The lowest BCUT2D eigenvalue weighted by Gasteiger charge is -2.37.